The van der Waals surface area contributed by atoms with E-state index in [1.54, 1.807) is 60.7 Å². The summed E-state index contributed by atoms with van der Waals surface area (Å²) >= 11 is 1.13. The first-order valence-electron chi connectivity index (χ1n) is 10.5. The Balaban J connectivity index is 1.57. The molecular weight excluding hydrogens is 452 g/mol. The Bertz CT molecular complexity index is 1400. The van der Waals surface area contributed by atoms with Crippen LogP contribution in [-0.4, -0.2) is 39.1 Å². The zero-order valence-electron chi connectivity index (χ0n) is 18.3. The predicted molar refractivity (Wildman–Crippen MR) is 133 cm³/mol. The Kier molecular flexibility index (Phi) is 7.24. The first-order valence-corrected chi connectivity index (χ1v) is 11.5. The van der Waals surface area contributed by atoms with Crippen LogP contribution in [0.4, 0.5) is 0 Å². The van der Waals surface area contributed by atoms with Crippen molar-refractivity contribution < 1.29 is 14.6 Å². The van der Waals surface area contributed by atoms with E-state index in [2.05, 4.69) is 15.5 Å². The second kappa shape index (κ2) is 10.7. The second-order valence-corrected chi connectivity index (χ2v) is 8.06. The number of aromatic hydroxyl groups is 1. The molecule has 3 aromatic carbocycles. The van der Waals surface area contributed by atoms with E-state index in [0.29, 0.717) is 39.7 Å². The summed E-state index contributed by atoms with van der Waals surface area (Å²) in [4.78, 5) is 30.3. The molecule has 0 unspecified atom stereocenters. The smallest absolute Gasteiger partial charge is 0.266 e. The van der Waals surface area contributed by atoms with Gasteiger partial charge in [0.25, 0.3) is 11.5 Å². The number of hydrogen-bond acceptors (Lipinski definition) is 7. The van der Waals surface area contributed by atoms with E-state index in [1.807, 2.05) is 13.0 Å². The van der Waals surface area contributed by atoms with Crippen LogP contribution in [0.15, 0.2) is 87.8 Å². The molecule has 1 aromatic heterocycles. The lowest BCUT2D eigenvalue weighted by atomic mass is 10.2. The summed E-state index contributed by atoms with van der Waals surface area (Å²) in [6.07, 6.45) is 1.36. The summed E-state index contributed by atoms with van der Waals surface area (Å²) in [6, 6.07) is 20.9. The minimum Gasteiger partial charge on any atom is -0.507 e. The summed E-state index contributed by atoms with van der Waals surface area (Å²) in [6.45, 7) is 2.44. The third kappa shape index (κ3) is 5.26. The fraction of sp³-hybridized carbons (Fsp3) is 0.120. The van der Waals surface area contributed by atoms with Crippen molar-refractivity contribution in [1.82, 2.24) is 15.0 Å². The molecule has 172 valence electrons. The zero-order valence-corrected chi connectivity index (χ0v) is 19.2. The van der Waals surface area contributed by atoms with Crippen molar-refractivity contribution in [1.29, 1.82) is 0 Å². The molecule has 0 fully saturated rings. The predicted octanol–water partition coefficient (Wildman–Crippen LogP) is 3.73. The molecule has 9 heteroatoms. The van der Waals surface area contributed by atoms with Crippen LogP contribution in [-0.2, 0) is 4.79 Å². The Morgan fingerprint density at radius 2 is 1.85 bits per heavy atom. The monoisotopic (exact) mass is 474 g/mol. The largest absolute Gasteiger partial charge is 0.507 e. The summed E-state index contributed by atoms with van der Waals surface area (Å²) < 4.78 is 6.98. The molecule has 4 aromatic rings. The van der Waals surface area contributed by atoms with Gasteiger partial charge >= 0.3 is 0 Å². The maximum absolute atomic E-state index is 13.3. The Morgan fingerprint density at radius 3 is 2.62 bits per heavy atom. The molecule has 34 heavy (non-hydrogen) atoms. The molecule has 4 rings (SSSR count). The highest BCUT2D eigenvalue weighted by Gasteiger charge is 2.15. The fourth-order valence-electron chi connectivity index (χ4n) is 3.23. The van der Waals surface area contributed by atoms with Crippen LogP contribution in [0.25, 0.3) is 16.6 Å². The lowest BCUT2D eigenvalue weighted by molar-refractivity contribution is -0.118. The summed E-state index contributed by atoms with van der Waals surface area (Å²) in [5.74, 6) is 0.371. The first-order chi connectivity index (χ1) is 16.6. The molecule has 0 saturated heterocycles. The molecule has 0 aliphatic heterocycles. The van der Waals surface area contributed by atoms with Crippen LogP contribution in [0.2, 0.25) is 0 Å². The Labute approximate surface area is 199 Å². The van der Waals surface area contributed by atoms with Gasteiger partial charge in [0.2, 0.25) is 0 Å². The van der Waals surface area contributed by atoms with Gasteiger partial charge in [-0.2, -0.15) is 5.10 Å². The standard InChI is InChI=1S/C25H22N4O4S/c1-2-33-19-13-11-18(12-14-19)29-24(32)20-8-4-5-9-21(20)27-25(29)34-16-23(31)28-26-15-17-7-3-6-10-22(17)30/h3-15,30H,2,16H2,1H3,(H,28,31)/b26-15+. The number of fused-ring (bicyclic) bond motifs is 1. The van der Waals surface area contributed by atoms with Gasteiger partial charge in [0.15, 0.2) is 5.16 Å². The van der Waals surface area contributed by atoms with E-state index in [1.165, 1.54) is 16.8 Å². The highest BCUT2D eigenvalue weighted by Crippen LogP contribution is 2.23. The van der Waals surface area contributed by atoms with Crippen LogP contribution in [0.3, 0.4) is 0 Å². The number of rotatable bonds is 8. The van der Waals surface area contributed by atoms with Crippen LogP contribution >= 0.6 is 11.8 Å². The summed E-state index contributed by atoms with van der Waals surface area (Å²) in [5, 5.41) is 14.5. The fourth-order valence-corrected chi connectivity index (χ4v) is 4.03. The third-order valence-corrected chi connectivity index (χ3v) is 5.75. The van der Waals surface area contributed by atoms with Crippen molar-refractivity contribution in [3.05, 3.63) is 88.7 Å². The Hall–Kier alpha value is -4.11. The number of hydrazone groups is 1. The quantitative estimate of drug-likeness (QED) is 0.174. The number of ether oxygens (including phenoxy) is 1. The third-order valence-electron chi connectivity index (χ3n) is 4.81. The lowest BCUT2D eigenvalue weighted by Gasteiger charge is -2.13. The number of aromatic nitrogens is 2. The molecule has 0 saturated carbocycles. The Morgan fingerprint density at radius 1 is 1.12 bits per heavy atom. The number of amides is 1. The minimum atomic E-state index is -0.377. The molecule has 1 heterocycles. The first kappa shape index (κ1) is 23.1. The zero-order chi connectivity index (χ0) is 23.9. The van der Waals surface area contributed by atoms with Crippen molar-refractivity contribution in [3.8, 4) is 17.2 Å². The number of thioether (sulfide) groups is 1. The van der Waals surface area contributed by atoms with Crippen LogP contribution in [0.5, 0.6) is 11.5 Å². The van der Waals surface area contributed by atoms with Crippen LogP contribution in [0, 0.1) is 0 Å². The van der Waals surface area contributed by atoms with Crippen molar-refractivity contribution in [2.75, 3.05) is 12.4 Å². The van der Waals surface area contributed by atoms with Crippen molar-refractivity contribution >= 4 is 34.8 Å². The number of hydrogen-bond donors (Lipinski definition) is 2. The van der Waals surface area contributed by atoms with E-state index in [-0.39, 0.29) is 23.0 Å². The summed E-state index contributed by atoms with van der Waals surface area (Å²) in [5.41, 5.74) is 3.85. The molecule has 2 N–H and O–H groups in total. The van der Waals surface area contributed by atoms with E-state index in [9.17, 15) is 14.7 Å². The number of benzene rings is 3. The van der Waals surface area contributed by atoms with Crippen molar-refractivity contribution in [2.45, 2.75) is 12.1 Å². The highest BCUT2D eigenvalue weighted by molar-refractivity contribution is 7.99. The van der Waals surface area contributed by atoms with Gasteiger partial charge in [0.05, 0.1) is 35.2 Å². The van der Waals surface area contributed by atoms with Gasteiger partial charge < -0.3 is 9.84 Å². The van der Waals surface area contributed by atoms with Crippen LogP contribution in [0.1, 0.15) is 12.5 Å². The lowest BCUT2D eigenvalue weighted by Crippen LogP contribution is -2.24. The van der Waals surface area contributed by atoms with E-state index >= 15 is 0 Å². The molecule has 0 aliphatic carbocycles. The number of carbonyl (C=O) groups excluding carboxylic acids is 1. The molecule has 8 nitrogen and oxygen atoms in total. The average molecular weight is 475 g/mol. The van der Waals surface area contributed by atoms with Gasteiger partial charge in [-0.15, -0.1) is 0 Å². The van der Waals surface area contributed by atoms with E-state index < -0.39 is 0 Å². The van der Waals surface area contributed by atoms with E-state index in [4.69, 9.17) is 4.74 Å². The van der Waals surface area contributed by atoms with Gasteiger partial charge in [-0.25, -0.2) is 10.4 Å². The molecule has 0 aliphatic rings. The topological polar surface area (TPSA) is 106 Å². The van der Waals surface area contributed by atoms with Gasteiger partial charge in [0, 0.05) is 5.56 Å². The average Bonchev–Trinajstić information content (AvgIpc) is 2.85. The maximum atomic E-state index is 13.3. The van der Waals surface area contributed by atoms with Gasteiger partial charge in [0.1, 0.15) is 11.5 Å². The van der Waals surface area contributed by atoms with Gasteiger partial charge in [-0.05, 0) is 55.5 Å². The second-order valence-electron chi connectivity index (χ2n) is 7.12. The van der Waals surface area contributed by atoms with Crippen molar-refractivity contribution in [3.63, 3.8) is 0 Å². The number of phenolic OH excluding ortho intramolecular Hbond substituents is 1. The van der Waals surface area contributed by atoms with Gasteiger partial charge in [-0.1, -0.05) is 36.0 Å². The number of nitrogens with zero attached hydrogens (tertiary/aromatic N) is 3. The number of carbonyl (C=O) groups is 1. The van der Waals surface area contributed by atoms with Gasteiger partial charge in [-0.3, -0.25) is 14.2 Å². The highest BCUT2D eigenvalue weighted by atomic mass is 32.2. The van der Waals surface area contributed by atoms with E-state index in [0.717, 1.165) is 11.8 Å². The molecular formula is C25H22N4O4S. The number of phenols is 1. The molecule has 1 amide bonds. The van der Waals surface area contributed by atoms with Crippen molar-refractivity contribution in [2.24, 2.45) is 5.10 Å². The minimum absolute atomic E-state index is 0.0140. The SMILES string of the molecule is CCOc1ccc(-n2c(SCC(=O)N/N=C/c3ccccc3O)nc3ccccc3c2=O)cc1. The number of para-hydroxylation sites is 2. The maximum Gasteiger partial charge on any atom is 0.266 e. The normalized spacial score (nSPS) is 11.1. The molecule has 0 atom stereocenters. The molecule has 0 bridgehead atoms. The van der Waals surface area contributed by atoms with Crippen LogP contribution < -0.4 is 15.7 Å². The number of nitrogens with one attached hydrogen (secondary N) is 1. The summed E-state index contributed by atoms with van der Waals surface area (Å²) in [7, 11) is 0. The molecule has 0 radical (unpaired) electrons. The molecule has 0 spiro atoms.